The summed E-state index contributed by atoms with van der Waals surface area (Å²) in [5, 5.41) is 8.04. The molecule has 0 unspecified atom stereocenters. The van der Waals surface area contributed by atoms with Crippen LogP contribution in [0.1, 0.15) is 0 Å². The molecule has 0 atom stereocenters. The zero-order valence-electron chi connectivity index (χ0n) is 2.70. The number of hydrogen-bond donors (Lipinski definition) is 2. The Balaban J connectivity index is 4.13. The normalized spacial score (nSPS) is 6.33. The lowest BCUT2D eigenvalue weighted by atomic mass is 11.7. The van der Waals surface area contributed by atoms with Gasteiger partial charge in [0, 0.05) is 0 Å². The molecule has 0 radical (unpaired) electrons. The summed E-state index contributed by atoms with van der Waals surface area (Å²) in [5.41, 5.74) is 7.59. The van der Waals surface area contributed by atoms with Crippen molar-refractivity contribution in [1.82, 2.24) is 4.16 Å². The van der Waals surface area contributed by atoms with Crippen molar-refractivity contribution in [3.05, 3.63) is 5.53 Å². The summed E-state index contributed by atoms with van der Waals surface area (Å²) < 4.78 is 2.22. The molecule has 1 N–H and O–H groups in total. The third kappa shape index (κ3) is 3.91. The Kier molecular flexibility index (Phi) is 3.07. The first-order valence-corrected chi connectivity index (χ1v) is 2.25. The standard InChI is InChI=1S/CH2N2OS2/c2-3-6-1(4)5/h4-5H. The topological polar surface area (TPSA) is 56.6 Å². The average molecular weight is 122 g/mol. The van der Waals surface area contributed by atoms with Crippen LogP contribution in [0, 0.1) is 0 Å². The Labute approximate surface area is 43.6 Å². The molecule has 0 aromatic rings. The van der Waals surface area contributed by atoms with Gasteiger partial charge >= 0.3 is 0 Å². The highest BCUT2D eigenvalue weighted by molar-refractivity contribution is 8.07. The summed E-state index contributed by atoms with van der Waals surface area (Å²) in [7, 11) is 0. The van der Waals surface area contributed by atoms with E-state index in [9.17, 15) is 0 Å². The van der Waals surface area contributed by atoms with E-state index in [1.54, 1.807) is 0 Å². The molecule has 0 aliphatic heterocycles. The van der Waals surface area contributed by atoms with Gasteiger partial charge in [0.05, 0.1) is 0 Å². The molecule has 5 heteroatoms. The van der Waals surface area contributed by atoms with Gasteiger partial charge in [0.15, 0.2) is 0 Å². The van der Waals surface area contributed by atoms with E-state index in [1.165, 1.54) is 0 Å². The van der Waals surface area contributed by atoms with Crippen LogP contribution in [0.4, 0.5) is 0 Å². The Morgan fingerprint density at radius 1 is 2.00 bits per heavy atom. The summed E-state index contributed by atoms with van der Waals surface area (Å²) in [5.74, 6) is 0. The summed E-state index contributed by atoms with van der Waals surface area (Å²) in [6, 6.07) is 0. The number of rotatable bonds is 0. The quantitative estimate of drug-likeness (QED) is 0.201. The number of hydrogen-bond acceptors (Lipinski definition) is 0. The fourth-order valence-electron chi connectivity index (χ4n) is 0.0365. The van der Waals surface area contributed by atoms with Crippen LogP contribution >= 0.6 is 12.6 Å². The molecule has 0 bridgehead atoms. The molecule has 0 aromatic carbocycles. The van der Waals surface area contributed by atoms with E-state index in [4.69, 9.17) is 10.6 Å². The van der Waals surface area contributed by atoms with E-state index in [2.05, 4.69) is 16.8 Å². The molecule has 0 saturated heterocycles. The molecular formula is CH2N2OS2. The number of aliphatic hydroxyl groups is 1. The van der Waals surface area contributed by atoms with Gasteiger partial charge in [-0.05, 0) is 0 Å². The van der Waals surface area contributed by atoms with Crippen LogP contribution in [0.3, 0.4) is 0 Å². The minimum atomic E-state index is -0.266. The largest absolute Gasteiger partial charge is 0.342 e. The van der Waals surface area contributed by atoms with Gasteiger partial charge in [-0.1, -0.05) is 4.16 Å². The predicted molar refractivity (Wildman–Crippen MR) is 29.5 cm³/mol. The summed E-state index contributed by atoms with van der Waals surface area (Å²) in [6.45, 7) is 0. The Hall–Kier alpha value is -0.0900. The van der Waals surface area contributed by atoms with Crippen molar-refractivity contribution >= 4 is 28.2 Å². The summed E-state index contributed by atoms with van der Waals surface area (Å²) >= 11 is 3.86. The molecule has 0 fully saturated rings. The molecule has 0 saturated carbocycles. The number of nitrogens with zero attached hydrogens (tertiary/aromatic N) is 2. The molecule has 34 valence electrons. The SMILES string of the molecule is [N-]=[N+]=S=C(O)S. The van der Waals surface area contributed by atoms with E-state index in [-0.39, 0.29) is 4.38 Å². The Morgan fingerprint density at radius 2 is 2.50 bits per heavy atom. The van der Waals surface area contributed by atoms with E-state index in [0.717, 1.165) is 0 Å². The maximum Gasteiger partial charge on any atom is 0.297 e. The van der Waals surface area contributed by atoms with Crippen molar-refractivity contribution in [2.24, 2.45) is 0 Å². The molecule has 3 nitrogen and oxygen atoms in total. The molecule has 0 aliphatic rings. The highest BCUT2D eigenvalue weighted by Crippen LogP contribution is 1.63. The molecule has 0 aromatic heterocycles. The lowest BCUT2D eigenvalue weighted by Crippen LogP contribution is -1.76. The van der Waals surface area contributed by atoms with Crippen LogP contribution in [-0.4, -0.2) is 9.49 Å². The average Bonchev–Trinajstić information content (AvgIpc) is 1.35. The van der Waals surface area contributed by atoms with Crippen molar-refractivity contribution in [2.45, 2.75) is 0 Å². The lowest BCUT2D eigenvalue weighted by molar-refractivity contribution is 0.586. The van der Waals surface area contributed by atoms with Gasteiger partial charge in [0.1, 0.15) is 0 Å². The van der Waals surface area contributed by atoms with E-state index in [0.29, 0.717) is 11.1 Å². The smallest absolute Gasteiger partial charge is 0.297 e. The first-order valence-electron chi connectivity index (χ1n) is 1.03. The fraction of sp³-hybridized carbons (Fsp3) is 0. The van der Waals surface area contributed by atoms with Crippen molar-refractivity contribution in [2.75, 3.05) is 0 Å². The fourth-order valence-corrected chi connectivity index (χ4v) is 0.219. The van der Waals surface area contributed by atoms with Crippen molar-refractivity contribution in [3.63, 3.8) is 0 Å². The monoisotopic (exact) mass is 122 g/mol. The molecule has 0 aliphatic carbocycles. The van der Waals surface area contributed by atoms with Crippen LogP contribution < -0.4 is 4.16 Å². The summed E-state index contributed by atoms with van der Waals surface area (Å²) in [6.07, 6.45) is 0. The first-order chi connectivity index (χ1) is 2.77. The van der Waals surface area contributed by atoms with Gasteiger partial charge < -0.3 is 10.6 Å². The minimum Gasteiger partial charge on any atom is -0.342 e. The third-order valence-corrected chi connectivity index (χ3v) is 0.612. The van der Waals surface area contributed by atoms with E-state index < -0.39 is 0 Å². The second-order valence-electron chi connectivity index (χ2n) is 0.456. The predicted octanol–water partition coefficient (Wildman–Crippen LogP) is -0.0834. The van der Waals surface area contributed by atoms with Crippen LogP contribution in [0.5, 0.6) is 0 Å². The van der Waals surface area contributed by atoms with E-state index in [1.807, 2.05) is 0 Å². The van der Waals surface area contributed by atoms with Crippen molar-refractivity contribution in [3.8, 4) is 0 Å². The zero-order valence-corrected chi connectivity index (χ0v) is 4.41. The van der Waals surface area contributed by atoms with Crippen LogP contribution in [-0.2, 0) is 11.1 Å². The maximum absolute atomic E-state index is 8.04. The molecule has 0 spiro atoms. The van der Waals surface area contributed by atoms with Gasteiger partial charge in [-0.15, -0.1) is 12.6 Å². The first kappa shape index (κ1) is 5.91. The number of aliphatic hydroxyl groups excluding tert-OH is 1. The van der Waals surface area contributed by atoms with Gasteiger partial charge in [-0.2, -0.15) is 0 Å². The van der Waals surface area contributed by atoms with Crippen molar-refractivity contribution < 1.29 is 5.11 Å². The third-order valence-electron chi connectivity index (χ3n) is 0.122. The van der Waals surface area contributed by atoms with Gasteiger partial charge in [0.2, 0.25) is 4.38 Å². The number of thiol groups is 1. The molecule has 0 heterocycles. The molecular weight excluding hydrogens is 120 g/mol. The Bertz CT molecular complexity index is 116. The summed E-state index contributed by atoms with van der Waals surface area (Å²) in [4.78, 5) is 0. The second-order valence-corrected chi connectivity index (χ2v) is 1.91. The highest BCUT2D eigenvalue weighted by atomic mass is 32.2. The zero-order chi connectivity index (χ0) is 4.99. The molecule has 0 rings (SSSR count). The van der Waals surface area contributed by atoms with Gasteiger partial charge in [-0.3, -0.25) is 0 Å². The van der Waals surface area contributed by atoms with Crippen LogP contribution in [0.15, 0.2) is 0 Å². The second kappa shape index (κ2) is 3.11. The minimum absolute atomic E-state index is 0.266. The van der Waals surface area contributed by atoms with Gasteiger partial charge in [-0.25, -0.2) is 0 Å². The lowest BCUT2D eigenvalue weighted by Gasteiger charge is -1.59. The van der Waals surface area contributed by atoms with Crippen molar-refractivity contribution in [1.29, 1.82) is 0 Å². The maximum atomic E-state index is 8.04. The van der Waals surface area contributed by atoms with Gasteiger partial charge in [0.25, 0.3) is 11.1 Å². The molecule has 6 heavy (non-hydrogen) atoms. The van der Waals surface area contributed by atoms with Crippen LogP contribution in [0.2, 0.25) is 0 Å². The Morgan fingerprint density at radius 3 is 2.50 bits per heavy atom. The van der Waals surface area contributed by atoms with E-state index >= 15 is 0 Å². The van der Waals surface area contributed by atoms with Crippen LogP contribution in [0.25, 0.3) is 5.53 Å². The highest BCUT2D eigenvalue weighted by Gasteiger charge is 1.73. The molecule has 0 amide bonds.